The first kappa shape index (κ1) is 17.0. The fraction of sp³-hybridized carbons (Fsp3) is 0.647. The Labute approximate surface area is 123 Å². The van der Waals surface area contributed by atoms with Gasteiger partial charge in [-0.25, -0.2) is 0 Å². The summed E-state index contributed by atoms with van der Waals surface area (Å²) in [6, 6.07) is 4.60. The van der Waals surface area contributed by atoms with E-state index < -0.39 is 6.10 Å². The fourth-order valence-corrected chi connectivity index (χ4v) is 2.26. The van der Waals surface area contributed by atoms with Gasteiger partial charge in [-0.15, -0.1) is 0 Å². The zero-order valence-corrected chi connectivity index (χ0v) is 13.5. The van der Waals surface area contributed by atoms with E-state index in [1.807, 2.05) is 6.92 Å². The minimum Gasteiger partial charge on any atom is -0.490 e. The summed E-state index contributed by atoms with van der Waals surface area (Å²) >= 11 is 0. The summed E-state index contributed by atoms with van der Waals surface area (Å²) in [6.07, 6.45) is 1.81. The molecule has 20 heavy (non-hydrogen) atoms. The van der Waals surface area contributed by atoms with E-state index in [4.69, 9.17) is 4.74 Å². The molecule has 0 unspecified atom stereocenters. The van der Waals surface area contributed by atoms with Crippen molar-refractivity contribution < 1.29 is 9.84 Å². The van der Waals surface area contributed by atoms with E-state index in [1.54, 1.807) is 0 Å². The van der Waals surface area contributed by atoms with Crippen LogP contribution < -0.4 is 10.1 Å². The van der Waals surface area contributed by atoms with Crippen LogP contribution in [0.2, 0.25) is 0 Å². The van der Waals surface area contributed by atoms with Crippen molar-refractivity contribution in [2.24, 2.45) is 0 Å². The molecule has 0 aromatic heterocycles. The van der Waals surface area contributed by atoms with Crippen LogP contribution in [-0.2, 0) is 0 Å². The maximum Gasteiger partial charge on any atom is 0.125 e. The van der Waals surface area contributed by atoms with Gasteiger partial charge < -0.3 is 15.2 Å². The third-order valence-electron chi connectivity index (χ3n) is 3.72. The first-order valence-corrected chi connectivity index (χ1v) is 7.56. The van der Waals surface area contributed by atoms with Crippen LogP contribution in [0.25, 0.3) is 0 Å². The Balaban J connectivity index is 2.45. The molecule has 1 aromatic rings. The second-order valence-electron chi connectivity index (χ2n) is 5.72. The van der Waals surface area contributed by atoms with Crippen LogP contribution >= 0.6 is 0 Å². The van der Waals surface area contributed by atoms with E-state index in [9.17, 15) is 5.11 Å². The molecule has 0 aliphatic rings. The van der Waals surface area contributed by atoms with Gasteiger partial charge >= 0.3 is 0 Å². The molecule has 0 radical (unpaired) electrons. The van der Waals surface area contributed by atoms with Gasteiger partial charge in [0.1, 0.15) is 18.5 Å². The van der Waals surface area contributed by atoms with Gasteiger partial charge in [-0.2, -0.15) is 0 Å². The third kappa shape index (κ3) is 5.14. The molecule has 0 saturated heterocycles. The molecule has 0 spiro atoms. The van der Waals surface area contributed by atoms with Gasteiger partial charge in [0.15, 0.2) is 0 Å². The van der Waals surface area contributed by atoms with Crippen molar-refractivity contribution in [1.29, 1.82) is 0 Å². The van der Waals surface area contributed by atoms with Crippen molar-refractivity contribution in [2.45, 2.75) is 59.6 Å². The van der Waals surface area contributed by atoms with E-state index in [1.165, 1.54) is 5.56 Å². The molecule has 0 aliphatic heterocycles. The first-order valence-electron chi connectivity index (χ1n) is 7.56. The van der Waals surface area contributed by atoms with Gasteiger partial charge in [0, 0.05) is 12.6 Å². The largest absolute Gasteiger partial charge is 0.490 e. The molecule has 0 aliphatic carbocycles. The number of rotatable bonds is 8. The zero-order valence-electron chi connectivity index (χ0n) is 13.5. The number of aliphatic hydroxyl groups is 1. The highest BCUT2D eigenvalue weighted by Crippen LogP contribution is 2.25. The molecule has 1 rings (SSSR count). The molecule has 0 amide bonds. The lowest BCUT2D eigenvalue weighted by molar-refractivity contribution is 0.103. The molecule has 2 atom stereocenters. The molecule has 114 valence electrons. The van der Waals surface area contributed by atoms with Crippen LogP contribution in [0.5, 0.6) is 5.75 Å². The summed E-state index contributed by atoms with van der Waals surface area (Å²) in [6.45, 7) is 11.4. The SMILES string of the molecule is CCC[C@@H](C)NC[C@@H](O)COc1c(C)ccc(C)c1C. The van der Waals surface area contributed by atoms with Crippen molar-refractivity contribution in [3.63, 3.8) is 0 Å². The van der Waals surface area contributed by atoms with Gasteiger partial charge in [0.2, 0.25) is 0 Å². The van der Waals surface area contributed by atoms with E-state index in [2.05, 4.69) is 45.1 Å². The van der Waals surface area contributed by atoms with Gasteiger partial charge in [-0.3, -0.25) is 0 Å². The molecule has 0 saturated carbocycles. The summed E-state index contributed by atoms with van der Waals surface area (Å²) in [4.78, 5) is 0. The highest BCUT2D eigenvalue weighted by molar-refractivity contribution is 5.44. The van der Waals surface area contributed by atoms with Gasteiger partial charge in [-0.05, 0) is 50.8 Å². The quantitative estimate of drug-likeness (QED) is 0.768. The summed E-state index contributed by atoms with van der Waals surface area (Å²) < 4.78 is 5.81. The highest BCUT2D eigenvalue weighted by atomic mass is 16.5. The van der Waals surface area contributed by atoms with Crippen LogP contribution in [0.4, 0.5) is 0 Å². The van der Waals surface area contributed by atoms with Gasteiger partial charge in [-0.1, -0.05) is 25.5 Å². The number of hydrogen-bond donors (Lipinski definition) is 2. The predicted molar refractivity (Wildman–Crippen MR) is 84.5 cm³/mol. The standard InChI is InChI=1S/C17H29NO2/c1-6-7-14(4)18-10-16(19)11-20-17-13(3)9-8-12(2)15(17)5/h8-9,14,16,18-19H,6-7,10-11H2,1-5H3/t14-,16-/m1/s1. The van der Waals surface area contributed by atoms with Crippen LogP contribution in [0.15, 0.2) is 12.1 Å². The highest BCUT2D eigenvalue weighted by Gasteiger charge is 2.11. The van der Waals surface area contributed by atoms with Crippen LogP contribution in [0.3, 0.4) is 0 Å². The summed E-state index contributed by atoms with van der Waals surface area (Å²) in [5.74, 6) is 0.908. The maximum absolute atomic E-state index is 9.99. The Morgan fingerprint density at radius 3 is 2.50 bits per heavy atom. The predicted octanol–water partition coefficient (Wildman–Crippen LogP) is 3.13. The Morgan fingerprint density at radius 1 is 1.20 bits per heavy atom. The topological polar surface area (TPSA) is 41.5 Å². The molecule has 3 nitrogen and oxygen atoms in total. The van der Waals surface area contributed by atoms with E-state index in [0.717, 1.165) is 29.7 Å². The Kier molecular flexibility index (Phi) is 7.03. The molecule has 0 heterocycles. The molecule has 0 bridgehead atoms. The molecule has 0 fully saturated rings. The monoisotopic (exact) mass is 279 g/mol. The van der Waals surface area contributed by atoms with Crippen LogP contribution in [0, 0.1) is 20.8 Å². The molecular formula is C17H29NO2. The fourth-order valence-electron chi connectivity index (χ4n) is 2.26. The number of aliphatic hydroxyl groups excluding tert-OH is 1. The molecule has 2 N–H and O–H groups in total. The number of benzene rings is 1. The van der Waals surface area contributed by atoms with E-state index in [0.29, 0.717) is 19.2 Å². The Bertz CT molecular complexity index is 418. The number of nitrogens with one attached hydrogen (secondary N) is 1. The summed E-state index contributed by atoms with van der Waals surface area (Å²) in [7, 11) is 0. The van der Waals surface area contributed by atoms with Crippen LogP contribution in [-0.4, -0.2) is 30.4 Å². The van der Waals surface area contributed by atoms with Crippen molar-refractivity contribution in [1.82, 2.24) is 5.32 Å². The average Bonchev–Trinajstić information content (AvgIpc) is 2.41. The smallest absolute Gasteiger partial charge is 0.125 e. The number of aryl methyl sites for hydroxylation is 2. The van der Waals surface area contributed by atoms with Crippen molar-refractivity contribution >= 4 is 0 Å². The zero-order chi connectivity index (χ0) is 15.1. The van der Waals surface area contributed by atoms with E-state index in [-0.39, 0.29) is 0 Å². The van der Waals surface area contributed by atoms with Gasteiger partial charge in [0.25, 0.3) is 0 Å². The third-order valence-corrected chi connectivity index (χ3v) is 3.72. The maximum atomic E-state index is 9.99. The normalized spacial score (nSPS) is 14.1. The Hall–Kier alpha value is -1.06. The summed E-state index contributed by atoms with van der Waals surface area (Å²) in [5.41, 5.74) is 3.49. The molecular weight excluding hydrogens is 250 g/mol. The van der Waals surface area contributed by atoms with Crippen molar-refractivity contribution in [3.05, 3.63) is 28.8 Å². The van der Waals surface area contributed by atoms with Gasteiger partial charge in [0.05, 0.1) is 0 Å². The van der Waals surface area contributed by atoms with Crippen molar-refractivity contribution in [3.8, 4) is 5.75 Å². The molecule has 1 aromatic carbocycles. The Morgan fingerprint density at radius 2 is 1.85 bits per heavy atom. The average molecular weight is 279 g/mol. The van der Waals surface area contributed by atoms with Crippen molar-refractivity contribution in [2.75, 3.05) is 13.2 Å². The summed E-state index contributed by atoms with van der Waals surface area (Å²) in [5, 5.41) is 13.3. The number of ether oxygens (including phenoxy) is 1. The number of hydrogen-bond acceptors (Lipinski definition) is 3. The van der Waals surface area contributed by atoms with E-state index >= 15 is 0 Å². The minimum atomic E-state index is -0.478. The second kappa shape index (κ2) is 8.28. The lowest BCUT2D eigenvalue weighted by atomic mass is 10.1. The second-order valence-corrected chi connectivity index (χ2v) is 5.72. The molecule has 3 heteroatoms. The van der Waals surface area contributed by atoms with Crippen LogP contribution in [0.1, 0.15) is 43.4 Å². The lowest BCUT2D eigenvalue weighted by Gasteiger charge is -2.19. The lowest BCUT2D eigenvalue weighted by Crippen LogP contribution is -2.36. The first-order chi connectivity index (χ1) is 9.45. The minimum absolute atomic E-state index is 0.330.